The lowest BCUT2D eigenvalue weighted by molar-refractivity contribution is -0.135. The van der Waals surface area contributed by atoms with Crippen molar-refractivity contribution in [3.63, 3.8) is 0 Å². The van der Waals surface area contributed by atoms with Crippen molar-refractivity contribution in [1.82, 2.24) is 20.3 Å². The second-order valence-electron chi connectivity index (χ2n) is 8.97. The highest BCUT2D eigenvalue weighted by molar-refractivity contribution is 14.0. The van der Waals surface area contributed by atoms with Gasteiger partial charge in [0.05, 0.1) is 12.3 Å². The Bertz CT molecular complexity index is 693. The van der Waals surface area contributed by atoms with Crippen molar-refractivity contribution in [3.05, 3.63) is 0 Å². The van der Waals surface area contributed by atoms with E-state index in [4.69, 9.17) is 0 Å². The van der Waals surface area contributed by atoms with Gasteiger partial charge < -0.3 is 15.5 Å². The van der Waals surface area contributed by atoms with Gasteiger partial charge >= 0.3 is 0 Å². The van der Waals surface area contributed by atoms with Crippen LogP contribution in [0.2, 0.25) is 0 Å². The van der Waals surface area contributed by atoms with Gasteiger partial charge in [0.15, 0.2) is 5.96 Å². The smallest absolute Gasteiger partial charge is 0.225 e. The van der Waals surface area contributed by atoms with Gasteiger partial charge in [-0.3, -0.25) is 9.79 Å². The molecule has 0 aromatic heterocycles. The SMILES string of the molecule is CCNC(=NCCS(=O)(=O)NCC1CCC1)NC1CCN(C(=O)C2CCCCC2)C1.I. The third-order valence-electron chi connectivity index (χ3n) is 6.59. The summed E-state index contributed by atoms with van der Waals surface area (Å²) in [6.45, 7) is 4.94. The lowest BCUT2D eigenvalue weighted by Gasteiger charge is -2.26. The van der Waals surface area contributed by atoms with Crippen LogP contribution in [0.15, 0.2) is 4.99 Å². The number of nitrogens with zero attached hydrogens (tertiary/aromatic N) is 2. The number of likely N-dealkylation sites (tertiary alicyclic amines) is 1. The van der Waals surface area contributed by atoms with E-state index in [1.165, 1.54) is 25.7 Å². The lowest BCUT2D eigenvalue weighted by atomic mass is 9.86. The van der Waals surface area contributed by atoms with E-state index in [2.05, 4.69) is 20.3 Å². The Morgan fingerprint density at radius 3 is 2.45 bits per heavy atom. The van der Waals surface area contributed by atoms with Gasteiger partial charge in [-0.15, -0.1) is 24.0 Å². The number of rotatable bonds is 9. The van der Waals surface area contributed by atoms with E-state index in [0.717, 1.165) is 38.6 Å². The number of guanidine groups is 1. The summed E-state index contributed by atoms with van der Waals surface area (Å²) in [5, 5.41) is 6.58. The summed E-state index contributed by atoms with van der Waals surface area (Å²) in [6.07, 6.45) is 9.99. The van der Waals surface area contributed by atoms with Crippen molar-refractivity contribution in [2.75, 3.05) is 38.5 Å². The van der Waals surface area contributed by atoms with Gasteiger partial charge in [0.2, 0.25) is 15.9 Å². The van der Waals surface area contributed by atoms with E-state index in [-0.39, 0.29) is 48.2 Å². The molecule has 3 fully saturated rings. The zero-order valence-corrected chi connectivity index (χ0v) is 21.9. The van der Waals surface area contributed by atoms with Gasteiger partial charge in [-0.2, -0.15) is 0 Å². The molecule has 0 aromatic rings. The Morgan fingerprint density at radius 2 is 1.81 bits per heavy atom. The highest BCUT2D eigenvalue weighted by Crippen LogP contribution is 2.27. The lowest BCUT2D eigenvalue weighted by Crippen LogP contribution is -2.46. The molecule has 0 radical (unpaired) electrons. The van der Waals surface area contributed by atoms with E-state index >= 15 is 0 Å². The molecule has 0 bridgehead atoms. The van der Waals surface area contributed by atoms with E-state index in [9.17, 15) is 13.2 Å². The number of carbonyl (C=O) groups is 1. The van der Waals surface area contributed by atoms with Crippen LogP contribution >= 0.6 is 24.0 Å². The average molecular weight is 570 g/mol. The number of hydrogen-bond acceptors (Lipinski definition) is 4. The molecule has 3 N–H and O–H groups in total. The van der Waals surface area contributed by atoms with Gasteiger partial charge in [-0.05, 0) is 44.9 Å². The molecular formula is C21H40IN5O3S. The number of nitrogens with one attached hydrogen (secondary N) is 3. The largest absolute Gasteiger partial charge is 0.357 e. The van der Waals surface area contributed by atoms with Crippen LogP contribution in [0, 0.1) is 11.8 Å². The standard InChI is InChI=1S/C21H39N5O3S.HI/c1-2-22-21(23-12-14-30(28,29)24-15-17-7-6-8-17)25-19-11-13-26(16-19)20(27)18-9-4-3-5-10-18;/h17-19,24H,2-16H2,1H3,(H2,22,23,25);1H. The first-order valence-corrected chi connectivity index (χ1v) is 13.4. The molecule has 0 aromatic carbocycles. The van der Waals surface area contributed by atoms with Crippen molar-refractivity contribution in [2.24, 2.45) is 16.8 Å². The maximum Gasteiger partial charge on any atom is 0.225 e. The van der Waals surface area contributed by atoms with Crippen molar-refractivity contribution < 1.29 is 13.2 Å². The Morgan fingerprint density at radius 1 is 1.06 bits per heavy atom. The minimum absolute atomic E-state index is 0. The third kappa shape index (κ3) is 8.68. The highest BCUT2D eigenvalue weighted by atomic mass is 127. The molecule has 8 nitrogen and oxygen atoms in total. The molecule has 2 aliphatic carbocycles. The molecule has 1 unspecified atom stereocenters. The normalized spacial score (nSPS) is 23.2. The summed E-state index contributed by atoms with van der Waals surface area (Å²) in [5.41, 5.74) is 0. The Kier molecular flexibility index (Phi) is 11.3. The maximum absolute atomic E-state index is 12.8. The Labute approximate surface area is 204 Å². The van der Waals surface area contributed by atoms with Gasteiger partial charge in [-0.25, -0.2) is 13.1 Å². The fourth-order valence-electron chi connectivity index (χ4n) is 4.49. The number of amides is 1. The molecule has 3 aliphatic rings. The fraction of sp³-hybridized carbons (Fsp3) is 0.905. The van der Waals surface area contributed by atoms with Crippen molar-refractivity contribution >= 4 is 45.9 Å². The molecule has 180 valence electrons. The zero-order valence-electron chi connectivity index (χ0n) is 18.8. The first-order chi connectivity index (χ1) is 14.5. The zero-order chi connectivity index (χ0) is 21.4. The van der Waals surface area contributed by atoms with Gasteiger partial charge in [0.1, 0.15) is 0 Å². The minimum Gasteiger partial charge on any atom is -0.357 e. The van der Waals surface area contributed by atoms with Gasteiger partial charge in [0, 0.05) is 38.1 Å². The predicted octanol–water partition coefficient (Wildman–Crippen LogP) is 2.06. The van der Waals surface area contributed by atoms with Crippen LogP contribution in [-0.4, -0.2) is 69.7 Å². The molecule has 31 heavy (non-hydrogen) atoms. The molecular weight excluding hydrogens is 529 g/mol. The van der Waals surface area contributed by atoms with Crippen LogP contribution in [0.5, 0.6) is 0 Å². The predicted molar refractivity (Wildman–Crippen MR) is 135 cm³/mol. The molecule has 1 heterocycles. The number of carbonyl (C=O) groups excluding carboxylic acids is 1. The molecule has 1 atom stereocenters. The van der Waals surface area contributed by atoms with Crippen LogP contribution < -0.4 is 15.4 Å². The monoisotopic (exact) mass is 569 g/mol. The summed E-state index contributed by atoms with van der Waals surface area (Å²) in [5.74, 6) is 1.64. The minimum atomic E-state index is -3.29. The van der Waals surface area contributed by atoms with E-state index in [1.54, 1.807) is 0 Å². The van der Waals surface area contributed by atoms with E-state index in [0.29, 0.717) is 37.4 Å². The first-order valence-electron chi connectivity index (χ1n) is 11.8. The number of aliphatic imine (C=N–C) groups is 1. The Hall–Kier alpha value is -0.620. The van der Waals surface area contributed by atoms with Crippen LogP contribution in [0.1, 0.15) is 64.7 Å². The summed E-state index contributed by atoms with van der Waals surface area (Å²) < 4.78 is 27.0. The summed E-state index contributed by atoms with van der Waals surface area (Å²) in [7, 11) is -3.29. The topological polar surface area (TPSA) is 103 Å². The molecule has 3 rings (SSSR count). The Balaban J connectivity index is 0.00000341. The van der Waals surface area contributed by atoms with Crippen LogP contribution in [0.4, 0.5) is 0 Å². The highest BCUT2D eigenvalue weighted by Gasteiger charge is 2.31. The third-order valence-corrected chi connectivity index (χ3v) is 7.91. The summed E-state index contributed by atoms with van der Waals surface area (Å²) in [6, 6.07) is 0.156. The number of halogens is 1. The quantitative estimate of drug-likeness (QED) is 0.224. The van der Waals surface area contributed by atoms with Crippen LogP contribution in [0.25, 0.3) is 0 Å². The van der Waals surface area contributed by atoms with Crippen molar-refractivity contribution in [3.8, 4) is 0 Å². The van der Waals surface area contributed by atoms with Crippen molar-refractivity contribution in [2.45, 2.75) is 70.8 Å². The molecule has 1 amide bonds. The first kappa shape index (κ1) is 26.6. The van der Waals surface area contributed by atoms with Gasteiger partial charge in [0.25, 0.3) is 0 Å². The summed E-state index contributed by atoms with van der Waals surface area (Å²) >= 11 is 0. The van der Waals surface area contributed by atoms with E-state index in [1.807, 2.05) is 11.8 Å². The van der Waals surface area contributed by atoms with Crippen molar-refractivity contribution in [1.29, 1.82) is 0 Å². The van der Waals surface area contributed by atoms with Gasteiger partial charge in [-0.1, -0.05) is 25.7 Å². The molecule has 0 spiro atoms. The second-order valence-corrected chi connectivity index (χ2v) is 10.9. The maximum atomic E-state index is 12.8. The molecule has 1 aliphatic heterocycles. The van der Waals surface area contributed by atoms with Crippen LogP contribution in [-0.2, 0) is 14.8 Å². The fourth-order valence-corrected chi connectivity index (χ4v) is 5.46. The second kappa shape index (κ2) is 13.2. The number of sulfonamides is 1. The average Bonchev–Trinajstić information content (AvgIpc) is 3.15. The molecule has 10 heteroatoms. The number of hydrogen-bond donors (Lipinski definition) is 3. The molecule has 1 saturated heterocycles. The summed E-state index contributed by atoms with van der Waals surface area (Å²) in [4.78, 5) is 19.2. The van der Waals surface area contributed by atoms with E-state index < -0.39 is 10.0 Å². The molecule has 2 saturated carbocycles. The van der Waals surface area contributed by atoms with Crippen LogP contribution in [0.3, 0.4) is 0 Å².